The molecule has 8 nitrogen and oxygen atoms in total. The van der Waals surface area contributed by atoms with Crippen LogP contribution in [-0.4, -0.2) is 40.6 Å². The molecule has 0 amide bonds. The van der Waals surface area contributed by atoms with Gasteiger partial charge in [0.2, 0.25) is 0 Å². The average molecular weight is 378 g/mol. The molecule has 3 aromatic heterocycles. The van der Waals surface area contributed by atoms with E-state index in [2.05, 4.69) is 20.3 Å². The van der Waals surface area contributed by atoms with Crippen molar-refractivity contribution in [3.8, 4) is 22.9 Å². The van der Waals surface area contributed by atoms with Crippen molar-refractivity contribution in [2.75, 3.05) is 0 Å². The van der Waals surface area contributed by atoms with Crippen LogP contribution in [0.3, 0.4) is 0 Å². The van der Waals surface area contributed by atoms with Gasteiger partial charge in [0.15, 0.2) is 0 Å². The summed E-state index contributed by atoms with van der Waals surface area (Å²) in [5, 5.41) is 17.4. The van der Waals surface area contributed by atoms with Gasteiger partial charge in [-0.05, 0) is 50.2 Å². The molecule has 28 heavy (non-hydrogen) atoms. The van der Waals surface area contributed by atoms with Crippen LogP contribution < -0.4 is 0 Å². The third-order valence-electron chi connectivity index (χ3n) is 4.30. The van der Waals surface area contributed by atoms with E-state index in [1.807, 2.05) is 6.92 Å². The van der Waals surface area contributed by atoms with E-state index in [1.165, 1.54) is 18.2 Å². The van der Waals surface area contributed by atoms with Gasteiger partial charge in [-0.1, -0.05) is 5.21 Å². The van der Waals surface area contributed by atoms with E-state index in [0.29, 0.717) is 34.3 Å². The molecule has 0 saturated carbocycles. The van der Waals surface area contributed by atoms with Gasteiger partial charge in [0.1, 0.15) is 29.4 Å². The normalized spacial score (nSPS) is 11.0. The van der Waals surface area contributed by atoms with Crippen molar-refractivity contribution in [2.24, 2.45) is 0 Å². The molecule has 0 unspecified atom stereocenters. The first kappa shape index (κ1) is 17.5. The Morgan fingerprint density at radius 3 is 2.50 bits per heavy atom. The summed E-state index contributed by atoms with van der Waals surface area (Å²) < 4.78 is 16.5. The molecule has 9 heteroatoms. The van der Waals surface area contributed by atoms with Crippen LogP contribution >= 0.6 is 0 Å². The molecule has 0 atom stereocenters. The summed E-state index contributed by atoms with van der Waals surface area (Å²) in [7, 11) is 0. The third-order valence-corrected chi connectivity index (χ3v) is 4.30. The molecule has 3 heterocycles. The van der Waals surface area contributed by atoms with Gasteiger partial charge < -0.3 is 5.11 Å². The molecule has 0 radical (unpaired) electrons. The molecular weight excluding hydrogens is 363 g/mol. The lowest BCUT2D eigenvalue weighted by Crippen LogP contribution is -2.04. The molecule has 140 valence electrons. The fourth-order valence-corrected chi connectivity index (χ4v) is 2.90. The molecule has 0 aliphatic rings. The minimum atomic E-state index is -1.02. The number of rotatable bonds is 4. The Hall–Kier alpha value is -3.88. The lowest BCUT2D eigenvalue weighted by atomic mass is 10.2. The predicted octanol–water partition coefficient (Wildman–Crippen LogP) is 2.97. The van der Waals surface area contributed by atoms with Crippen LogP contribution in [0.4, 0.5) is 4.39 Å². The quantitative estimate of drug-likeness (QED) is 0.586. The molecule has 0 aliphatic carbocycles. The number of carboxylic acid groups (broad SMARTS) is 1. The summed E-state index contributed by atoms with van der Waals surface area (Å²) in [6, 6.07) is 9.05. The maximum atomic E-state index is 13.2. The lowest BCUT2D eigenvalue weighted by molar-refractivity contribution is 0.0695. The second kappa shape index (κ2) is 6.69. The van der Waals surface area contributed by atoms with Gasteiger partial charge in [0.05, 0.1) is 22.6 Å². The van der Waals surface area contributed by atoms with Gasteiger partial charge in [-0.3, -0.25) is 4.57 Å². The number of pyridine rings is 1. The van der Waals surface area contributed by atoms with Crippen LogP contribution in [0.2, 0.25) is 0 Å². The van der Waals surface area contributed by atoms with E-state index in [1.54, 1.807) is 46.9 Å². The van der Waals surface area contributed by atoms with Gasteiger partial charge >= 0.3 is 5.97 Å². The van der Waals surface area contributed by atoms with E-state index in [9.17, 15) is 9.18 Å². The summed E-state index contributed by atoms with van der Waals surface area (Å²) in [5.41, 5.74) is 3.16. The predicted molar refractivity (Wildman–Crippen MR) is 98.1 cm³/mol. The van der Waals surface area contributed by atoms with Crippen molar-refractivity contribution in [1.82, 2.24) is 29.5 Å². The number of nitrogens with zero attached hydrogens (tertiary/aromatic N) is 6. The number of halogens is 1. The van der Waals surface area contributed by atoms with Crippen LogP contribution in [0.1, 0.15) is 21.7 Å². The number of carbonyl (C=O) groups is 1. The van der Waals surface area contributed by atoms with Crippen molar-refractivity contribution in [3.05, 3.63) is 71.7 Å². The Morgan fingerprint density at radius 2 is 1.82 bits per heavy atom. The molecule has 4 rings (SSSR count). The zero-order valence-electron chi connectivity index (χ0n) is 15.0. The second-order valence-corrected chi connectivity index (χ2v) is 6.19. The number of aromatic carboxylic acids is 1. The Kier molecular flexibility index (Phi) is 4.19. The minimum absolute atomic E-state index is 0.151. The molecule has 1 N–H and O–H groups in total. The Morgan fingerprint density at radius 1 is 1.07 bits per heavy atom. The van der Waals surface area contributed by atoms with Crippen LogP contribution in [0.5, 0.6) is 0 Å². The first-order valence-electron chi connectivity index (χ1n) is 8.38. The van der Waals surface area contributed by atoms with Gasteiger partial charge in [0.25, 0.3) is 0 Å². The SMILES string of the molecule is Cc1nc(-n2cnc(-c3c(C)nnn3-c3ccc(F)cc3)c2)ccc1C(=O)O. The maximum absolute atomic E-state index is 13.2. The Labute approximate surface area is 158 Å². The summed E-state index contributed by atoms with van der Waals surface area (Å²) in [6.45, 7) is 3.45. The zero-order valence-corrected chi connectivity index (χ0v) is 15.0. The number of benzene rings is 1. The van der Waals surface area contributed by atoms with E-state index in [0.717, 1.165) is 0 Å². The van der Waals surface area contributed by atoms with Crippen molar-refractivity contribution in [2.45, 2.75) is 13.8 Å². The number of aromatic nitrogens is 6. The number of hydrogen-bond acceptors (Lipinski definition) is 5. The fourth-order valence-electron chi connectivity index (χ4n) is 2.90. The smallest absolute Gasteiger partial charge is 0.337 e. The summed E-state index contributed by atoms with van der Waals surface area (Å²) in [4.78, 5) is 19.9. The molecule has 0 fully saturated rings. The first-order chi connectivity index (χ1) is 13.4. The number of aryl methyl sites for hydroxylation is 2. The monoisotopic (exact) mass is 378 g/mol. The van der Waals surface area contributed by atoms with E-state index < -0.39 is 5.97 Å². The fraction of sp³-hybridized carbons (Fsp3) is 0.105. The average Bonchev–Trinajstić information content (AvgIpc) is 3.28. The highest BCUT2D eigenvalue weighted by Crippen LogP contribution is 2.24. The Bertz CT molecular complexity index is 1180. The van der Waals surface area contributed by atoms with Crippen LogP contribution in [0.15, 0.2) is 48.9 Å². The first-order valence-corrected chi connectivity index (χ1v) is 8.38. The van der Waals surface area contributed by atoms with Gasteiger partial charge in [-0.25, -0.2) is 23.8 Å². The number of hydrogen-bond donors (Lipinski definition) is 1. The summed E-state index contributed by atoms with van der Waals surface area (Å²) in [5.74, 6) is -0.815. The number of carboxylic acids is 1. The van der Waals surface area contributed by atoms with Gasteiger partial charge in [-0.15, -0.1) is 5.10 Å². The summed E-state index contributed by atoms with van der Waals surface area (Å²) in [6.07, 6.45) is 3.34. The van der Waals surface area contributed by atoms with Crippen molar-refractivity contribution in [1.29, 1.82) is 0 Å². The highest BCUT2D eigenvalue weighted by atomic mass is 19.1. The molecule has 0 saturated heterocycles. The topological polar surface area (TPSA) is 98.7 Å². The van der Waals surface area contributed by atoms with Crippen molar-refractivity contribution in [3.63, 3.8) is 0 Å². The second-order valence-electron chi connectivity index (χ2n) is 6.19. The van der Waals surface area contributed by atoms with Crippen molar-refractivity contribution >= 4 is 5.97 Å². The molecule has 4 aromatic rings. The standard InChI is InChI=1S/C19H15FN6O2/c1-11-15(19(27)28)7-8-17(22-11)25-9-16(21-10-25)18-12(2)23-24-26(18)14-5-3-13(20)4-6-14/h3-10H,1-2H3,(H,27,28). The Balaban J connectivity index is 1.75. The highest BCUT2D eigenvalue weighted by molar-refractivity contribution is 5.88. The number of imidazole rings is 1. The maximum Gasteiger partial charge on any atom is 0.337 e. The van der Waals surface area contributed by atoms with E-state index >= 15 is 0 Å². The van der Waals surface area contributed by atoms with E-state index in [-0.39, 0.29) is 11.4 Å². The summed E-state index contributed by atoms with van der Waals surface area (Å²) >= 11 is 0. The largest absolute Gasteiger partial charge is 0.478 e. The lowest BCUT2D eigenvalue weighted by Gasteiger charge is -2.06. The minimum Gasteiger partial charge on any atom is -0.478 e. The zero-order chi connectivity index (χ0) is 19.8. The van der Waals surface area contributed by atoms with Gasteiger partial charge in [-0.2, -0.15) is 0 Å². The van der Waals surface area contributed by atoms with E-state index in [4.69, 9.17) is 5.11 Å². The van der Waals surface area contributed by atoms with Crippen molar-refractivity contribution < 1.29 is 14.3 Å². The van der Waals surface area contributed by atoms with Crippen LogP contribution in [-0.2, 0) is 0 Å². The third kappa shape index (κ3) is 3.02. The van der Waals surface area contributed by atoms with Crippen LogP contribution in [0.25, 0.3) is 22.9 Å². The molecule has 0 spiro atoms. The molecule has 0 bridgehead atoms. The highest BCUT2D eigenvalue weighted by Gasteiger charge is 2.17. The van der Waals surface area contributed by atoms with Gasteiger partial charge in [0, 0.05) is 6.20 Å². The molecule has 1 aromatic carbocycles. The van der Waals surface area contributed by atoms with Crippen LogP contribution in [0, 0.1) is 19.7 Å². The molecular formula is C19H15FN6O2. The molecule has 0 aliphatic heterocycles.